The molecular weight excluding hydrogens is 374 g/mol. The van der Waals surface area contributed by atoms with E-state index in [1.807, 2.05) is 30.5 Å². The summed E-state index contributed by atoms with van der Waals surface area (Å²) in [4.78, 5) is 41.3. The topological polar surface area (TPSA) is 139 Å². The molecule has 3 rings (SSSR count). The van der Waals surface area contributed by atoms with Crippen molar-refractivity contribution < 1.29 is 14.3 Å². The minimum absolute atomic E-state index is 0.0342. The van der Waals surface area contributed by atoms with E-state index in [-0.39, 0.29) is 30.7 Å². The predicted molar refractivity (Wildman–Crippen MR) is 108 cm³/mol. The second-order valence-corrected chi connectivity index (χ2v) is 6.73. The quantitative estimate of drug-likeness (QED) is 0.497. The SMILES string of the molecule is CC(=O)N[C@H](Cc1c[nH]c2ccccc12)C(=O)OCc1nc(N)nc(N(C)C)n1. The molecule has 0 fully saturated rings. The van der Waals surface area contributed by atoms with E-state index in [1.165, 1.54) is 6.92 Å². The normalized spacial score (nSPS) is 11.8. The molecule has 0 saturated carbocycles. The zero-order chi connectivity index (χ0) is 21.0. The number of hydrogen-bond acceptors (Lipinski definition) is 8. The van der Waals surface area contributed by atoms with E-state index in [2.05, 4.69) is 25.3 Å². The van der Waals surface area contributed by atoms with Crippen LogP contribution in [0.1, 0.15) is 18.3 Å². The van der Waals surface area contributed by atoms with Crippen LogP contribution in [-0.4, -0.2) is 51.9 Å². The van der Waals surface area contributed by atoms with E-state index in [9.17, 15) is 9.59 Å². The molecule has 0 bridgehead atoms. The first-order valence-corrected chi connectivity index (χ1v) is 9.00. The zero-order valence-electron chi connectivity index (χ0n) is 16.5. The summed E-state index contributed by atoms with van der Waals surface area (Å²) in [5.41, 5.74) is 7.53. The number of ether oxygens (including phenoxy) is 1. The lowest BCUT2D eigenvalue weighted by molar-refractivity contribution is -0.149. The van der Waals surface area contributed by atoms with Gasteiger partial charge in [-0.2, -0.15) is 15.0 Å². The lowest BCUT2D eigenvalue weighted by Gasteiger charge is -2.17. The van der Waals surface area contributed by atoms with Crippen LogP contribution in [-0.2, 0) is 27.4 Å². The molecule has 3 aromatic rings. The van der Waals surface area contributed by atoms with Crippen molar-refractivity contribution in [2.45, 2.75) is 26.0 Å². The molecule has 2 heterocycles. The number of benzene rings is 1. The van der Waals surface area contributed by atoms with Crippen LogP contribution < -0.4 is 16.0 Å². The number of carbonyl (C=O) groups excluding carboxylic acids is 2. The number of nitrogens with one attached hydrogen (secondary N) is 2. The van der Waals surface area contributed by atoms with Crippen molar-refractivity contribution in [3.05, 3.63) is 41.9 Å². The predicted octanol–water partition coefficient (Wildman–Crippen LogP) is 0.792. The number of para-hydroxylation sites is 1. The Kier molecular flexibility index (Phi) is 5.91. The van der Waals surface area contributed by atoms with Crippen molar-refractivity contribution >= 4 is 34.7 Å². The third-order valence-corrected chi connectivity index (χ3v) is 4.19. The van der Waals surface area contributed by atoms with Crippen molar-refractivity contribution in [1.29, 1.82) is 0 Å². The smallest absolute Gasteiger partial charge is 0.329 e. The van der Waals surface area contributed by atoms with Crippen LogP contribution in [0.5, 0.6) is 0 Å². The van der Waals surface area contributed by atoms with Gasteiger partial charge in [0.1, 0.15) is 6.04 Å². The van der Waals surface area contributed by atoms with Gasteiger partial charge in [0.15, 0.2) is 12.4 Å². The highest BCUT2D eigenvalue weighted by atomic mass is 16.5. The number of hydrogen-bond donors (Lipinski definition) is 3. The van der Waals surface area contributed by atoms with Gasteiger partial charge < -0.3 is 25.7 Å². The van der Waals surface area contributed by atoms with Crippen LogP contribution in [0.2, 0.25) is 0 Å². The first kappa shape index (κ1) is 20.1. The fraction of sp³-hybridized carbons (Fsp3) is 0.316. The first-order chi connectivity index (χ1) is 13.8. The summed E-state index contributed by atoms with van der Waals surface area (Å²) in [6.07, 6.45) is 2.10. The number of amides is 1. The largest absolute Gasteiger partial charge is 0.456 e. The molecule has 0 unspecified atom stereocenters. The third kappa shape index (κ3) is 4.98. The minimum Gasteiger partial charge on any atom is -0.456 e. The van der Waals surface area contributed by atoms with Gasteiger partial charge in [0.25, 0.3) is 0 Å². The van der Waals surface area contributed by atoms with Crippen LogP contribution >= 0.6 is 0 Å². The highest BCUT2D eigenvalue weighted by Gasteiger charge is 2.23. The molecule has 0 radical (unpaired) electrons. The first-order valence-electron chi connectivity index (χ1n) is 9.00. The fourth-order valence-electron chi connectivity index (χ4n) is 2.88. The van der Waals surface area contributed by atoms with E-state index < -0.39 is 12.0 Å². The number of nitrogens with zero attached hydrogens (tertiary/aromatic N) is 4. The molecule has 0 saturated heterocycles. The van der Waals surface area contributed by atoms with Crippen LogP contribution in [0.4, 0.5) is 11.9 Å². The highest BCUT2D eigenvalue weighted by Crippen LogP contribution is 2.19. The Morgan fingerprint density at radius 3 is 2.72 bits per heavy atom. The monoisotopic (exact) mass is 397 g/mol. The maximum Gasteiger partial charge on any atom is 0.329 e. The van der Waals surface area contributed by atoms with Crippen molar-refractivity contribution in [3.63, 3.8) is 0 Å². The number of rotatable bonds is 7. The number of aromatic amines is 1. The van der Waals surface area contributed by atoms with Crippen molar-refractivity contribution in [1.82, 2.24) is 25.3 Å². The molecule has 2 aromatic heterocycles. The molecule has 0 aliphatic rings. The Labute approximate surface area is 167 Å². The summed E-state index contributed by atoms with van der Waals surface area (Å²) in [5.74, 6) is -0.294. The van der Waals surface area contributed by atoms with Gasteiger partial charge in [-0.25, -0.2) is 4.79 Å². The second-order valence-electron chi connectivity index (χ2n) is 6.73. The van der Waals surface area contributed by atoms with Gasteiger partial charge in [0, 0.05) is 44.5 Å². The van der Waals surface area contributed by atoms with Gasteiger partial charge in [0.2, 0.25) is 17.8 Å². The number of nitrogens with two attached hydrogens (primary N) is 1. The Morgan fingerprint density at radius 2 is 2.00 bits per heavy atom. The van der Waals surface area contributed by atoms with E-state index >= 15 is 0 Å². The molecule has 1 atom stereocenters. The highest BCUT2D eigenvalue weighted by molar-refractivity contribution is 5.86. The van der Waals surface area contributed by atoms with Crippen LogP contribution in [0.25, 0.3) is 10.9 Å². The van der Waals surface area contributed by atoms with Gasteiger partial charge in [0.05, 0.1) is 0 Å². The molecule has 29 heavy (non-hydrogen) atoms. The lowest BCUT2D eigenvalue weighted by atomic mass is 10.0. The van der Waals surface area contributed by atoms with Crippen LogP contribution in [0, 0.1) is 0 Å². The average molecular weight is 397 g/mol. The molecule has 10 heteroatoms. The third-order valence-electron chi connectivity index (χ3n) is 4.19. The summed E-state index contributed by atoms with van der Waals surface area (Å²) < 4.78 is 5.35. The number of anilines is 2. The second kappa shape index (κ2) is 8.55. The molecule has 0 aliphatic heterocycles. The number of fused-ring (bicyclic) bond motifs is 1. The van der Waals surface area contributed by atoms with Crippen molar-refractivity contribution in [2.75, 3.05) is 24.7 Å². The molecule has 152 valence electrons. The molecular formula is C19H23N7O3. The molecule has 0 spiro atoms. The molecule has 1 aromatic carbocycles. The Morgan fingerprint density at radius 1 is 1.24 bits per heavy atom. The standard InChI is InChI=1S/C19H23N7O3/c1-11(27)22-15(8-12-9-21-14-7-5-4-6-13(12)14)17(28)29-10-16-23-18(20)25-19(24-16)26(2)3/h4-7,9,15,21H,8,10H2,1-3H3,(H,22,27)(H2,20,23,24,25)/t15-/m1/s1. The fourth-order valence-corrected chi connectivity index (χ4v) is 2.88. The molecule has 10 nitrogen and oxygen atoms in total. The number of aromatic nitrogens is 4. The van der Waals surface area contributed by atoms with E-state index in [0.29, 0.717) is 5.95 Å². The summed E-state index contributed by atoms with van der Waals surface area (Å²) >= 11 is 0. The minimum atomic E-state index is -0.848. The number of H-pyrrole nitrogens is 1. The van der Waals surface area contributed by atoms with E-state index in [0.717, 1.165) is 16.5 Å². The van der Waals surface area contributed by atoms with Gasteiger partial charge in [-0.05, 0) is 11.6 Å². The van der Waals surface area contributed by atoms with Crippen molar-refractivity contribution in [3.8, 4) is 0 Å². The average Bonchev–Trinajstić information content (AvgIpc) is 3.08. The summed E-state index contributed by atoms with van der Waals surface area (Å²) in [5, 5.41) is 3.63. The number of esters is 1. The lowest BCUT2D eigenvalue weighted by Crippen LogP contribution is -2.42. The Balaban J connectivity index is 1.73. The van der Waals surface area contributed by atoms with E-state index in [1.54, 1.807) is 19.0 Å². The Hall–Kier alpha value is -3.69. The van der Waals surface area contributed by atoms with Gasteiger partial charge in [-0.1, -0.05) is 18.2 Å². The van der Waals surface area contributed by atoms with Gasteiger partial charge in [-0.3, -0.25) is 4.79 Å². The van der Waals surface area contributed by atoms with Gasteiger partial charge in [-0.15, -0.1) is 0 Å². The molecule has 1 amide bonds. The Bertz CT molecular complexity index is 1030. The summed E-state index contributed by atoms with van der Waals surface area (Å²) in [7, 11) is 3.52. The maximum absolute atomic E-state index is 12.7. The van der Waals surface area contributed by atoms with Crippen LogP contribution in [0.15, 0.2) is 30.5 Å². The zero-order valence-corrected chi connectivity index (χ0v) is 16.5. The number of carbonyl (C=O) groups is 2. The summed E-state index contributed by atoms with van der Waals surface area (Å²) in [6.45, 7) is 1.17. The van der Waals surface area contributed by atoms with Crippen molar-refractivity contribution in [2.24, 2.45) is 0 Å². The van der Waals surface area contributed by atoms with E-state index in [4.69, 9.17) is 10.5 Å². The number of nitrogen functional groups attached to an aromatic ring is 1. The van der Waals surface area contributed by atoms with Crippen LogP contribution in [0.3, 0.4) is 0 Å². The molecule has 0 aliphatic carbocycles. The maximum atomic E-state index is 12.7. The van der Waals surface area contributed by atoms with Gasteiger partial charge >= 0.3 is 5.97 Å². The molecule has 4 N–H and O–H groups in total. The summed E-state index contributed by atoms with van der Waals surface area (Å²) in [6, 6.07) is 6.88.